The van der Waals surface area contributed by atoms with Crippen LogP contribution < -0.4 is 10.6 Å². The molecule has 0 spiro atoms. The average molecular weight is 225 g/mol. The highest BCUT2D eigenvalue weighted by Gasteiger charge is 2.07. The summed E-state index contributed by atoms with van der Waals surface area (Å²) in [6.07, 6.45) is 0.665. The molecule has 5 nitrogen and oxygen atoms in total. The molecule has 0 saturated carbocycles. The molecule has 1 aromatic heterocycles. The molecular weight excluding hydrogens is 206 g/mol. The van der Waals surface area contributed by atoms with Crippen molar-refractivity contribution in [2.45, 2.75) is 40.2 Å². The topological polar surface area (TPSA) is 67.2 Å². The molecule has 2 N–H and O–H groups in total. The maximum Gasteiger partial charge on any atom is 0.314 e. The zero-order chi connectivity index (χ0) is 12.1. The van der Waals surface area contributed by atoms with Crippen molar-refractivity contribution in [2.75, 3.05) is 6.54 Å². The SMILES string of the molecule is Cc1nc(C)c(CCNC(=O)NC(C)C)o1. The number of nitrogens with zero attached hydrogens (tertiary/aromatic N) is 1. The predicted octanol–water partition coefficient (Wildman–Crippen LogP) is 1.54. The van der Waals surface area contributed by atoms with Crippen LogP contribution in [0, 0.1) is 13.8 Å². The normalized spacial score (nSPS) is 10.6. The highest BCUT2D eigenvalue weighted by atomic mass is 16.4. The Morgan fingerprint density at radius 2 is 2.12 bits per heavy atom. The first kappa shape index (κ1) is 12.5. The van der Waals surface area contributed by atoms with Crippen molar-refractivity contribution in [2.24, 2.45) is 0 Å². The van der Waals surface area contributed by atoms with Gasteiger partial charge in [0.1, 0.15) is 5.76 Å². The minimum atomic E-state index is -0.149. The number of hydrogen-bond donors (Lipinski definition) is 2. The highest BCUT2D eigenvalue weighted by Crippen LogP contribution is 2.08. The number of rotatable bonds is 4. The van der Waals surface area contributed by atoms with Crippen LogP contribution in [0.1, 0.15) is 31.2 Å². The minimum absolute atomic E-state index is 0.147. The highest BCUT2D eigenvalue weighted by molar-refractivity contribution is 5.74. The summed E-state index contributed by atoms with van der Waals surface area (Å²) in [6, 6.07) is -0.00171. The summed E-state index contributed by atoms with van der Waals surface area (Å²) in [5.41, 5.74) is 0.892. The van der Waals surface area contributed by atoms with Gasteiger partial charge in [-0.3, -0.25) is 0 Å². The van der Waals surface area contributed by atoms with Crippen LogP contribution in [0.3, 0.4) is 0 Å². The van der Waals surface area contributed by atoms with Crippen molar-refractivity contribution in [3.8, 4) is 0 Å². The van der Waals surface area contributed by atoms with E-state index in [0.717, 1.165) is 11.5 Å². The molecule has 5 heteroatoms. The molecule has 16 heavy (non-hydrogen) atoms. The Morgan fingerprint density at radius 3 is 2.62 bits per heavy atom. The lowest BCUT2D eigenvalue weighted by Gasteiger charge is -2.09. The van der Waals surface area contributed by atoms with Crippen molar-refractivity contribution < 1.29 is 9.21 Å². The van der Waals surface area contributed by atoms with Gasteiger partial charge in [0.05, 0.1) is 5.69 Å². The third-order valence-corrected chi connectivity index (χ3v) is 2.06. The second-order valence-electron chi connectivity index (χ2n) is 4.05. The van der Waals surface area contributed by atoms with E-state index in [4.69, 9.17) is 4.42 Å². The Hall–Kier alpha value is -1.52. The van der Waals surface area contributed by atoms with Crippen LogP contribution >= 0.6 is 0 Å². The van der Waals surface area contributed by atoms with Gasteiger partial charge in [0, 0.05) is 25.9 Å². The zero-order valence-corrected chi connectivity index (χ0v) is 10.3. The number of hydrogen-bond acceptors (Lipinski definition) is 3. The van der Waals surface area contributed by atoms with Crippen molar-refractivity contribution in [1.29, 1.82) is 0 Å². The van der Waals surface area contributed by atoms with Crippen molar-refractivity contribution in [3.05, 3.63) is 17.3 Å². The summed E-state index contributed by atoms with van der Waals surface area (Å²) in [4.78, 5) is 15.4. The van der Waals surface area contributed by atoms with Crippen LogP contribution in [0.25, 0.3) is 0 Å². The monoisotopic (exact) mass is 225 g/mol. The molecule has 1 heterocycles. The van der Waals surface area contributed by atoms with Crippen LogP contribution in [0.15, 0.2) is 4.42 Å². The van der Waals surface area contributed by atoms with E-state index in [1.54, 1.807) is 0 Å². The molecular formula is C11H19N3O2. The van der Waals surface area contributed by atoms with Crippen LogP contribution in [-0.4, -0.2) is 23.6 Å². The number of carbonyl (C=O) groups excluding carboxylic acids is 1. The van der Waals surface area contributed by atoms with Gasteiger partial charge < -0.3 is 15.1 Å². The number of carbonyl (C=O) groups is 1. The van der Waals surface area contributed by atoms with Crippen LogP contribution in [0.5, 0.6) is 0 Å². The molecule has 0 aliphatic heterocycles. The average Bonchev–Trinajstić information content (AvgIpc) is 2.44. The number of oxazole rings is 1. The maximum absolute atomic E-state index is 11.3. The number of aromatic nitrogens is 1. The second kappa shape index (κ2) is 5.53. The number of amides is 2. The molecule has 0 aromatic carbocycles. The zero-order valence-electron chi connectivity index (χ0n) is 10.3. The first-order valence-electron chi connectivity index (χ1n) is 5.46. The summed E-state index contributed by atoms with van der Waals surface area (Å²) in [5, 5.41) is 5.51. The molecule has 1 aromatic rings. The fourth-order valence-corrected chi connectivity index (χ4v) is 1.41. The molecule has 1 rings (SSSR count). The lowest BCUT2D eigenvalue weighted by Crippen LogP contribution is -2.40. The van der Waals surface area contributed by atoms with E-state index < -0.39 is 0 Å². The van der Waals surface area contributed by atoms with E-state index >= 15 is 0 Å². The molecule has 0 aliphatic rings. The van der Waals surface area contributed by atoms with Crippen molar-refractivity contribution in [1.82, 2.24) is 15.6 Å². The van der Waals surface area contributed by atoms with Gasteiger partial charge >= 0.3 is 6.03 Å². The molecule has 0 unspecified atom stereocenters. The quantitative estimate of drug-likeness (QED) is 0.816. The third kappa shape index (κ3) is 3.92. The van der Waals surface area contributed by atoms with E-state index in [9.17, 15) is 4.79 Å². The first-order valence-corrected chi connectivity index (χ1v) is 5.46. The van der Waals surface area contributed by atoms with Crippen molar-refractivity contribution >= 4 is 6.03 Å². The van der Waals surface area contributed by atoms with Gasteiger partial charge in [0.25, 0.3) is 0 Å². The van der Waals surface area contributed by atoms with Gasteiger partial charge in [-0.25, -0.2) is 9.78 Å². The molecule has 0 atom stereocenters. The lowest BCUT2D eigenvalue weighted by molar-refractivity contribution is 0.238. The third-order valence-electron chi connectivity index (χ3n) is 2.06. The minimum Gasteiger partial charge on any atom is -0.446 e. The van der Waals surface area contributed by atoms with Gasteiger partial charge in [-0.2, -0.15) is 0 Å². The molecule has 2 amide bonds. The van der Waals surface area contributed by atoms with E-state index in [1.807, 2.05) is 27.7 Å². The van der Waals surface area contributed by atoms with Crippen LogP contribution in [-0.2, 0) is 6.42 Å². The Bertz CT molecular complexity index is 358. The number of urea groups is 1. The van der Waals surface area contributed by atoms with E-state index in [-0.39, 0.29) is 12.1 Å². The van der Waals surface area contributed by atoms with Crippen LogP contribution in [0.2, 0.25) is 0 Å². The first-order chi connectivity index (χ1) is 7.49. The molecule has 0 bridgehead atoms. The van der Waals surface area contributed by atoms with Gasteiger partial charge in [-0.1, -0.05) is 0 Å². The Balaban J connectivity index is 2.30. The van der Waals surface area contributed by atoms with Gasteiger partial charge in [-0.15, -0.1) is 0 Å². The summed E-state index contributed by atoms with van der Waals surface area (Å²) in [6.45, 7) is 8.11. The smallest absolute Gasteiger partial charge is 0.314 e. The Morgan fingerprint density at radius 1 is 1.44 bits per heavy atom. The lowest BCUT2D eigenvalue weighted by atomic mass is 10.3. The van der Waals surface area contributed by atoms with Crippen LogP contribution in [0.4, 0.5) is 4.79 Å². The predicted molar refractivity (Wildman–Crippen MR) is 61.4 cm³/mol. The number of aryl methyl sites for hydroxylation is 2. The molecule has 0 radical (unpaired) electrons. The summed E-state index contributed by atoms with van der Waals surface area (Å²) in [5.74, 6) is 1.50. The Kier molecular flexibility index (Phi) is 4.34. The summed E-state index contributed by atoms with van der Waals surface area (Å²) in [7, 11) is 0. The summed E-state index contributed by atoms with van der Waals surface area (Å²) >= 11 is 0. The summed E-state index contributed by atoms with van der Waals surface area (Å²) < 4.78 is 5.39. The van der Waals surface area contributed by atoms with E-state index in [2.05, 4.69) is 15.6 Å². The van der Waals surface area contributed by atoms with Gasteiger partial charge in [-0.05, 0) is 20.8 Å². The standard InChI is InChI=1S/C11H19N3O2/c1-7(2)13-11(15)12-6-5-10-8(3)14-9(4)16-10/h7H,5-6H2,1-4H3,(H2,12,13,15). The van der Waals surface area contributed by atoms with E-state index in [1.165, 1.54) is 0 Å². The molecule has 90 valence electrons. The molecule has 0 saturated heterocycles. The fraction of sp³-hybridized carbons (Fsp3) is 0.636. The number of nitrogens with one attached hydrogen (secondary N) is 2. The van der Waals surface area contributed by atoms with Gasteiger partial charge in [0.2, 0.25) is 0 Å². The van der Waals surface area contributed by atoms with Crippen molar-refractivity contribution in [3.63, 3.8) is 0 Å². The Labute approximate surface area is 95.6 Å². The molecule has 0 aliphatic carbocycles. The van der Waals surface area contributed by atoms with E-state index in [0.29, 0.717) is 18.9 Å². The largest absolute Gasteiger partial charge is 0.446 e. The van der Waals surface area contributed by atoms with Gasteiger partial charge in [0.15, 0.2) is 5.89 Å². The second-order valence-corrected chi connectivity index (χ2v) is 4.05. The maximum atomic E-state index is 11.3. The molecule has 0 fully saturated rings. The fourth-order valence-electron chi connectivity index (χ4n) is 1.41.